The molecule has 0 radical (unpaired) electrons. The minimum absolute atomic E-state index is 0.148. The maximum Gasteiger partial charge on any atom is 0.169 e. The molecule has 1 aliphatic rings. The molecular weight excluding hydrogens is 494 g/mol. The summed E-state index contributed by atoms with van der Waals surface area (Å²) in [5.74, 6) is -4.79. The molecule has 1 aliphatic carbocycles. The van der Waals surface area contributed by atoms with Gasteiger partial charge in [-0.15, -0.1) is 0 Å². The van der Waals surface area contributed by atoms with Crippen molar-refractivity contribution in [1.29, 1.82) is 10.5 Å². The van der Waals surface area contributed by atoms with Gasteiger partial charge < -0.3 is 5.11 Å². The second-order valence-corrected chi connectivity index (χ2v) is 9.93. The lowest BCUT2D eigenvalue weighted by molar-refractivity contribution is -0.0783. The molecule has 39 heavy (non-hydrogen) atoms. The molecule has 0 saturated heterocycles. The Kier molecular flexibility index (Phi) is 6.83. The van der Waals surface area contributed by atoms with Crippen LogP contribution in [0.2, 0.25) is 0 Å². The Balaban J connectivity index is 1.85. The van der Waals surface area contributed by atoms with Crippen LogP contribution < -0.4 is 0 Å². The fourth-order valence-electron chi connectivity index (χ4n) is 6.05. The highest BCUT2D eigenvalue weighted by Crippen LogP contribution is 2.63. The summed E-state index contributed by atoms with van der Waals surface area (Å²) in [5, 5.41) is 34.1. The minimum Gasteiger partial charge on any atom is -0.384 e. The number of rotatable bonds is 5. The predicted molar refractivity (Wildman–Crippen MR) is 141 cm³/mol. The van der Waals surface area contributed by atoms with Crippen molar-refractivity contribution in [3.8, 4) is 12.1 Å². The number of hydrogen-bond acceptors (Lipinski definition) is 4. The zero-order valence-corrected chi connectivity index (χ0v) is 20.8. The normalized spacial score (nSPS) is 23.8. The van der Waals surface area contributed by atoms with Crippen molar-refractivity contribution in [1.82, 2.24) is 0 Å². The lowest BCUT2D eigenvalue weighted by atomic mass is 9.48. The number of carbonyl (C=O) groups excluding carboxylic acids is 1. The maximum atomic E-state index is 14.3. The number of benzene rings is 4. The number of nitriles is 2. The zero-order chi connectivity index (χ0) is 27.6. The van der Waals surface area contributed by atoms with Gasteiger partial charge >= 0.3 is 0 Å². The molecule has 0 unspecified atom stereocenters. The maximum absolute atomic E-state index is 14.3. The van der Waals surface area contributed by atoms with E-state index in [0.717, 1.165) is 0 Å². The molecule has 5 rings (SSSR count). The lowest BCUT2D eigenvalue weighted by Gasteiger charge is -2.53. The molecule has 0 heterocycles. The number of carbonyl (C=O) groups is 1. The number of Topliss-reactive ketones (excluding diaryl/α,β-unsaturated/α-hetero) is 1. The molecule has 192 valence electrons. The third kappa shape index (κ3) is 4.40. The minimum atomic E-state index is -1.86. The molecule has 1 N–H and O–H groups in total. The molecule has 0 spiro atoms. The first-order chi connectivity index (χ1) is 18.8. The van der Waals surface area contributed by atoms with Crippen LogP contribution in [0, 0.1) is 45.6 Å². The Morgan fingerprint density at radius 1 is 0.744 bits per heavy atom. The molecule has 0 aliphatic heterocycles. The van der Waals surface area contributed by atoms with E-state index in [4.69, 9.17) is 0 Å². The number of aliphatic hydroxyl groups is 1. The third-order valence-corrected chi connectivity index (χ3v) is 7.89. The van der Waals surface area contributed by atoms with Crippen LogP contribution in [0.4, 0.5) is 8.78 Å². The van der Waals surface area contributed by atoms with Crippen molar-refractivity contribution in [2.75, 3.05) is 0 Å². The first kappa shape index (κ1) is 26.0. The topological polar surface area (TPSA) is 84.9 Å². The van der Waals surface area contributed by atoms with E-state index in [1.165, 1.54) is 48.5 Å². The van der Waals surface area contributed by atoms with E-state index in [-0.39, 0.29) is 6.42 Å². The van der Waals surface area contributed by atoms with Crippen molar-refractivity contribution in [2.24, 2.45) is 11.3 Å². The van der Waals surface area contributed by atoms with Gasteiger partial charge in [-0.05, 0) is 47.4 Å². The highest BCUT2D eigenvalue weighted by Gasteiger charge is 2.64. The van der Waals surface area contributed by atoms with Gasteiger partial charge in [-0.25, -0.2) is 8.78 Å². The average molecular weight is 519 g/mol. The van der Waals surface area contributed by atoms with Crippen LogP contribution in [0.5, 0.6) is 0 Å². The highest BCUT2D eigenvalue weighted by molar-refractivity contribution is 5.99. The van der Waals surface area contributed by atoms with Crippen LogP contribution in [-0.2, 0) is 5.60 Å². The molecule has 0 bridgehead atoms. The predicted octanol–water partition coefficient (Wildman–Crippen LogP) is 6.66. The molecule has 1 fully saturated rings. The lowest BCUT2D eigenvalue weighted by Crippen LogP contribution is -2.55. The molecule has 4 nitrogen and oxygen atoms in total. The van der Waals surface area contributed by atoms with Crippen LogP contribution in [0.1, 0.15) is 45.3 Å². The summed E-state index contributed by atoms with van der Waals surface area (Å²) >= 11 is 0. The first-order valence-corrected chi connectivity index (χ1v) is 12.5. The Morgan fingerprint density at radius 3 is 1.74 bits per heavy atom. The molecule has 4 atom stereocenters. The fraction of sp³-hybridized carbons (Fsp3) is 0.182. The summed E-state index contributed by atoms with van der Waals surface area (Å²) in [4.78, 5) is 14.3. The quantitative estimate of drug-likeness (QED) is 0.300. The van der Waals surface area contributed by atoms with Gasteiger partial charge in [-0.3, -0.25) is 4.79 Å². The van der Waals surface area contributed by atoms with Crippen molar-refractivity contribution < 1.29 is 18.7 Å². The van der Waals surface area contributed by atoms with Gasteiger partial charge in [0.15, 0.2) is 11.2 Å². The van der Waals surface area contributed by atoms with Crippen LogP contribution in [-0.4, -0.2) is 10.9 Å². The summed E-state index contributed by atoms with van der Waals surface area (Å²) in [5.41, 5.74) is -2.08. The van der Waals surface area contributed by atoms with E-state index in [1.54, 1.807) is 60.7 Å². The highest BCUT2D eigenvalue weighted by atomic mass is 19.1. The monoisotopic (exact) mass is 518 g/mol. The van der Waals surface area contributed by atoms with Crippen LogP contribution >= 0.6 is 0 Å². The third-order valence-electron chi connectivity index (χ3n) is 7.89. The van der Waals surface area contributed by atoms with Gasteiger partial charge in [-0.2, -0.15) is 10.5 Å². The van der Waals surface area contributed by atoms with Crippen molar-refractivity contribution in [3.63, 3.8) is 0 Å². The van der Waals surface area contributed by atoms with E-state index in [1.807, 2.05) is 0 Å². The van der Waals surface area contributed by atoms with E-state index >= 15 is 0 Å². The largest absolute Gasteiger partial charge is 0.384 e. The second kappa shape index (κ2) is 10.3. The number of ketones is 1. The number of hydrogen-bond donors (Lipinski definition) is 1. The van der Waals surface area contributed by atoms with E-state index < -0.39 is 46.2 Å². The fourth-order valence-corrected chi connectivity index (χ4v) is 6.05. The van der Waals surface area contributed by atoms with E-state index in [0.29, 0.717) is 22.3 Å². The average Bonchev–Trinajstić information content (AvgIpc) is 2.98. The summed E-state index contributed by atoms with van der Waals surface area (Å²) in [6.45, 7) is 0. The molecule has 4 aromatic rings. The van der Waals surface area contributed by atoms with Gasteiger partial charge in [0.1, 0.15) is 17.2 Å². The zero-order valence-electron chi connectivity index (χ0n) is 20.8. The second-order valence-electron chi connectivity index (χ2n) is 9.93. The SMILES string of the molecule is N#CC1(C#N)[C@H](c2ccc(F)cc2)C[C@](O)(c2ccccc2)[C@H](C(=O)c2ccccc2)[C@@H]1c1ccc(F)cc1. The van der Waals surface area contributed by atoms with Crippen molar-refractivity contribution in [2.45, 2.75) is 23.9 Å². The standard InChI is InChI=1S/C33H24F2N2O2/c34-26-15-11-22(12-16-26)28-19-33(39,25-9-5-2-6-10-25)30(31(38)24-7-3-1-4-8-24)29(32(28,20-36)21-37)23-13-17-27(35)18-14-23/h1-18,28-30,39H,19H2/t28-,29-,30-,33-/m0/s1. The van der Waals surface area contributed by atoms with Crippen LogP contribution in [0.25, 0.3) is 0 Å². The van der Waals surface area contributed by atoms with Gasteiger partial charge in [-0.1, -0.05) is 84.9 Å². The Hall–Kier alpha value is -4.65. The molecule has 0 aromatic heterocycles. The summed E-state index contributed by atoms with van der Waals surface area (Å²) in [6.07, 6.45) is -0.148. The molecule has 1 saturated carbocycles. The number of nitrogens with zero attached hydrogens (tertiary/aromatic N) is 2. The van der Waals surface area contributed by atoms with Gasteiger partial charge in [0, 0.05) is 17.4 Å². The van der Waals surface area contributed by atoms with Gasteiger partial charge in [0.25, 0.3) is 0 Å². The van der Waals surface area contributed by atoms with Crippen molar-refractivity contribution in [3.05, 3.63) is 143 Å². The molecular formula is C33H24F2N2O2. The van der Waals surface area contributed by atoms with Crippen LogP contribution in [0.3, 0.4) is 0 Å². The van der Waals surface area contributed by atoms with Gasteiger partial charge in [0.05, 0.1) is 18.1 Å². The van der Waals surface area contributed by atoms with Gasteiger partial charge in [0.2, 0.25) is 0 Å². The Labute approximate surface area is 225 Å². The molecule has 0 amide bonds. The summed E-state index contributed by atoms with van der Waals surface area (Å²) < 4.78 is 27.9. The van der Waals surface area contributed by atoms with E-state index in [9.17, 15) is 29.2 Å². The smallest absolute Gasteiger partial charge is 0.169 e. The molecule has 6 heteroatoms. The Morgan fingerprint density at radius 2 is 1.23 bits per heavy atom. The Bertz CT molecular complexity index is 1550. The first-order valence-electron chi connectivity index (χ1n) is 12.5. The molecule has 4 aromatic carbocycles. The summed E-state index contributed by atoms with van der Waals surface area (Å²) in [7, 11) is 0. The number of halogens is 2. The van der Waals surface area contributed by atoms with Crippen molar-refractivity contribution >= 4 is 5.78 Å². The van der Waals surface area contributed by atoms with E-state index in [2.05, 4.69) is 12.1 Å². The van der Waals surface area contributed by atoms with Crippen LogP contribution in [0.15, 0.2) is 109 Å². The summed E-state index contributed by atoms with van der Waals surface area (Å²) in [6, 6.07) is 32.3.